The molecular weight excluding hydrogens is 436 g/mol. The van der Waals surface area contributed by atoms with Crippen molar-refractivity contribution in [1.82, 2.24) is 14.1 Å². The van der Waals surface area contributed by atoms with Crippen LogP contribution in [-0.2, 0) is 13.6 Å². The maximum atomic E-state index is 13.0. The van der Waals surface area contributed by atoms with Crippen LogP contribution >= 0.6 is 15.9 Å². The average Bonchev–Trinajstić information content (AvgIpc) is 3.02. The van der Waals surface area contributed by atoms with E-state index in [1.54, 1.807) is 36.0 Å². The molecular formula is C21H17BrN4O3. The Bertz CT molecular complexity index is 1340. The maximum Gasteiger partial charge on any atom is 0.329 e. The molecule has 4 aromatic rings. The van der Waals surface area contributed by atoms with Crippen molar-refractivity contribution < 1.29 is 4.79 Å². The number of carbonyl (C=O) groups excluding carboxylic acids is 1. The summed E-state index contributed by atoms with van der Waals surface area (Å²) in [6.07, 6.45) is 1.54. The van der Waals surface area contributed by atoms with E-state index in [9.17, 15) is 14.4 Å². The van der Waals surface area contributed by atoms with Gasteiger partial charge in [-0.2, -0.15) is 0 Å². The molecule has 0 saturated carbocycles. The quantitative estimate of drug-likeness (QED) is 0.498. The molecule has 2 heterocycles. The SMILES string of the molecule is Cn1cc(C(=O)Nc2cccc(Br)c2)c2[nH]c(=O)n(Cc3ccccc3)c(=O)c21. The van der Waals surface area contributed by atoms with Crippen molar-refractivity contribution in [3.05, 3.63) is 97.2 Å². The summed E-state index contributed by atoms with van der Waals surface area (Å²) in [5, 5.41) is 2.78. The van der Waals surface area contributed by atoms with Crippen LogP contribution in [0.15, 0.2) is 74.9 Å². The number of hydrogen-bond donors (Lipinski definition) is 2. The highest BCUT2D eigenvalue weighted by Gasteiger charge is 2.20. The van der Waals surface area contributed by atoms with Gasteiger partial charge in [-0.25, -0.2) is 4.79 Å². The summed E-state index contributed by atoms with van der Waals surface area (Å²) in [5.41, 5.74) is 1.14. The zero-order chi connectivity index (χ0) is 20.5. The largest absolute Gasteiger partial charge is 0.344 e. The predicted octanol–water partition coefficient (Wildman–Crippen LogP) is 3.09. The molecule has 2 aromatic carbocycles. The number of hydrogen-bond acceptors (Lipinski definition) is 3. The normalized spacial score (nSPS) is 11.0. The fourth-order valence-electron chi connectivity index (χ4n) is 3.25. The lowest BCUT2D eigenvalue weighted by Gasteiger charge is -2.07. The first kappa shape index (κ1) is 18.9. The minimum absolute atomic E-state index is 0.149. The molecule has 146 valence electrons. The Morgan fingerprint density at radius 2 is 1.86 bits per heavy atom. The van der Waals surface area contributed by atoms with Crippen molar-refractivity contribution in [3.63, 3.8) is 0 Å². The number of nitrogens with zero attached hydrogens (tertiary/aromatic N) is 2. The van der Waals surface area contributed by atoms with Gasteiger partial charge < -0.3 is 14.9 Å². The minimum Gasteiger partial charge on any atom is -0.344 e. The number of benzene rings is 2. The molecule has 7 nitrogen and oxygen atoms in total. The molecule has 1 amide bonds. The summed E-state index contributed by atoms with van der Waals surface area (Å²) in [5.74, 6) is -0.412. The number of halogens is 1. The summed E-state index contributed by atoms with van der Waals surface area (Å²) in [7, 11) is 1.67. The minimum atomic E-state index is -0.561. The van der Waals surface area contributed by atoms with Crippen molar-refractivity contribution in [1.29, 1.82) is 0 Å². The molecule has 0 atom stereocenters. The van der Waals surface area contributed by atoms with E-state index < -0.39 is 17.2 Å². The van der Waals surface area contributed by atoms with E-state index in [1.165, 1.54) is 0 Å². The second kappa shape index (κ2) is 7.56. The van der Waals surface area contributed by atoms with E-state index in [0.717, 1.165) is 14.6 Å². The van der Waals surface area contributed by atoms with Gasteiger partial charge in [0.25, 0.3) is 11.5 Å². The van der Waals surface area contributed by atoms with Crippen LogP contribution in [0.5, 0.6) is 0 Å². The number of aromatic amines is 1. The zero-order valence-electron chi connectivity index (χ0n) is 15.5. The Labute approximate surface area is 173 Å². The number of amides is 1. The van der Waals surface area contributed by atoms with E-state index in [1.807, 2.05) is 36.4 Å². The van der Waals surface area contributed by atoms with E-state index >= 15 is 0 Å². The Kier molecular flexibility index (Phi) is 4.94. The van der Waals surface area contributed by atoms with Crippen LogP contribution in [0.2, 0.25) is 0 Å². The predicted molar refractivity (Wildman–Crippen MR) is 115 cm³/mol. The summed E-state index contributed by atoms with van der Waals surface area (Å²) in [4.78, 5) is 41.1. The summed E-state index contributed by atoms with van der Waals surface area (Å²) in [6.45, 7) is 0.149. The number of nitrogens with one attached hydrogen (secondary N) is 2. The highest BCUT2D eigenvalue weighted by Crippen LogP contribution is 2.19. The molecule has 0 saturated heterocycles. The number of aromatic nitrogens is 3. The van der Waals surface area contributed by atoms with E-state index in [-0.39, 0.29) is 23.1 Å². The smallest absolute Gasteiger partial charge is 0.329 e. The van der Waals surface area contributed by atoms with Gasteiger partial charge in [-0.05, 0) is 23.8 Å². The molecule has 8 heteroatoms. The Balaban J connectivity index is 1.77. The highest BCUT2D eigenvalue weighted by molar-refractivity contribution is 9.10. The molecule has 0 unspecified atom stereocenters. The van der Waals surface area contributed by atoms with Gasteiger partial charge in [0, 0.05) is 23.4 Å². The Hall–Kier alpha value is -3.39. The van der Waals surface area contributed by atoms with E-state index in [0.29, 0.717) is 5.69 Å². The molecule has 0 aliphatic heterocycles. The van der Waals surface area contributed by atoms with Gasteiger partial charge in [-0.1, -0.05) is 52.3 Å². The van der Waals surface area contributed by atoms with Crippen molar-refractivity contribution in [2.24, 2.45) is 7.05 Å². The molecule has 0 aliphatic carbocycles. The van der Waals surface area contributed by atoms with Gasteiger partial charge in [0.2, 0.25) is 0 Å². The monoisotopic (exact) mass is 452 g/mol. The second-order valence-electron chi connectivity index (χ2n) is 6.65. The molecule has 0 fully saturated rings. The van der Waals surface area contributed by atoms with Gasteiger partial charge >= 0.3 is 5.69 Å². The standard InChI is InChI=1S/C21H17BrN4O3/c1-25-12-16(19(27)23-15-9-5-8-14(22)10-15)17-18(25)20(28)26(21(29)24-17)11-13-6-3-2-4-7-13/h2-10,12H,11H2,1H3,(H,23,27)(H,24,29). The number of fused-ring (bicyclic) bond motifs is 1. The number of H-pyrrole nitrogens is 1. The first-order chi connectivity index (χ1) is 13.9. The number of carbonyl (C=O) groups is 1. The van der Waals surface area contributed by atoms with Gasteiger partial charge in [0.05, 0.1) is 17.6 Å². The lowest BCUT2D eigenvalue weighted by molar-refractivity contribution is 0.102. The first-order valence-electron chi connectivity index (χ1n) is 8.87. The summed E-state index contributed by atoms with van der Waals surface area (Å²) < 4.78 is 3.52. The van der Waals surface area contributed by atoms with Gasteiger partial charge in [0.1, 0.15) is 5.52 Å². The van der Waals surface area contributed by atoms with E-state index in [2.05, 4.69) is 26.2 Å². The fraction of sp³-hybridized carbons (Fsp3) is 0.0952. The van der Waals surface area contributed by atoms with Crippen LogP contribution in [0.25, 0.3) is 11.0 Å². The van der Waals surface area contributed by atoms with Gasteiger partial charge in [0.15, 0.2) is 0 Å². The molecule has 0 spiro atoms. The second-order valence-corrected chi connectivity index (χ2v) is 7.56. The van der Waals surface area contributed by atoms with Crippen LogP contribution in [0.1, 0.15) is 15.9 Å². The third-order valence-corrected chi connectivity index (χ3v) is 5.11. The summed E-state index contributed by atoms with van der Waals surface area (Å²) >= 11 is 3.36. The molecule has 29 heavy (non-hydrogen) atoms. The van der Waals surface area contributed by atoms with Gasteiger partial charge in [-0.3, -0.25) is 14.2 Å². The molecule has 0 radical (unpaired) electrons. The number of rotatable bonds is 4. The van der Waals surface area contributed by atoms with Gasteiger partial charge in [-0.15, -0.1) is 0 Å². The van der Waals surface area contributed by atoms with Crippen molar-refractivity contribution in [2.45, 2.75) is 6.54 Å². The number of anilines is 1. The van der Waals surface area contributed by atoms with Crippen molar-refractivity contribution in [2.75, 3.05) is 5.32 Å². The topological polar surface area (TPSA) is 88.9 Å². The molecule has 0 bridgehead atoms. The summed E-state index contributed by atoms with van der Waals surface area (Å²) in [6, 6.07) is 16.4. The lowest BCUT2D eigenvalue weighted by Crippen LogP contribution is -2.36. The maximum absolute atomic E-state index is 13.0. The lowest BCUT2D eigenvalue weighted by atomic mass is 10.2. The third-order valence-electron chi connectivity index (χ3n) is 4.62. The first-order valence-corrected chi connectivity index (χ1v) is 9.66. The van der Waals surface area contributed by atoms with Crippen molar-refractivity contribution in [3.8, 4) is 0 Å². The van der Waals surface area contributed by atoms with Crippen LogP contribution < -0.4 is 16.6 Å². The van der Waals surface area contributed by atoms with Crippen LogP contribution in [0, 0.1) is 0 Å². The van der Waals surface area contributed by atoms with Crippen LogP contribution in [0.3, 0.4) is 0 Å². The van der Waals surface area contributed by atoms with Crippen LogP contribution in [0.4, 0.5) is 5.69 Å². The zero-order valence-corrected chi connectivity index (χ0v) is 17.1. The Morgan fingerprint density at radius 1 is 1.10 bits per heavy atom. The van der Waals surface area contributed by atoms with Crippen molar-refractivity contribution >= 4 is 38.6 Å². The molecule has 2 aromatic heterocycles. The fourth-order valence-corrected chi connectivity index (χ4v) is 3.65. The molecule has 0 aliphatic rings. The van der Waals surface area contributed by atoms with Crippen LogP contribution in [-0.4, -0.2) is 20.0 Å². The van der Waals surface area contributed by atoms with E-state index in [4.69, 9.17) is 0 Å². The molecule has 4 rings (SSSR count). The average molecular weight is 453 g/mol. The highest BCUT2D eigenvalue weighted by atomic mass is 79.9. The third kappa shape index (κ3) is 3.66. The molecule has 2 N–H and O–H groups in total. The number of aryl methyl sites for hydroxylation is 1. The Morgan fingerprint density at radius 3 is 2.59 bits per heavy atom.